The van der Waals surface area contributed by atoms with Crippen molar-refractivity contribution in [1.82, 2.24) is 14.7 Å². The summed E-state index contributed by atoms with van der Waals surface area (Å²) in [5.41, 5.74) is 0.785. The van der Waals surface area contributed by atoms with Gasteiger partial charge in [0.25, 0.3) is 0 Å². The van der Waals surface area contributed by atoms with Gasteiger partial charge in [-0.3, -0.25) is 19.3 Å². The van der Waals surface area contributed by atoms with Gasteiger partial charge in [0, 0.05) is 58.9 Å². The molecule has 3 rings (SSSR count). The molecule has 1 unspecified atom stereocenters. The Morgan fingerprint density at radius 1 is 1.11 bits per heavy atom. The Hall–Kier alpha value is -2.61. The van der Waals surface area contributed by atoms with E-state index in [4.69, 9.17) is 4.74 Å². The highest BCUT2D eigenvalue weighted by Gasteiger charge is 2.38. The second kappa shape index (κ2) is 8.60. The van der Waals surface area contributed by atoms with Crippen LogP contribution in [0.5, 0.6) is 5.75 Å². The van der Waals surface area contributed by atoms with Crippen molar-refractivity contribution >= 4 is 23.4 Å². The number of ether oxygens (including phenoxy) is 1. The Balaban J connectivity index is 1.54. The Kier molecular flexibility index (Phi) is 6.18. The Morgan fingerprint density at radius 3 is 2.32 bits per heavy atom. The zero-order chi connectivity index (χ0) is 20.3. The van der Waals surface area contributed by atoms with E-state index in [0.717, 1.165) is 11.4 Å². The number of carbonyl (C=O) groups is 3. The maximum absolute atomic E-state index is 12.9. The van der Waals surface area contributed by atoms with Crippen LogP contribution in [0, 0.1) is 5.92 Å². The van der Waals surface area contributed by atoms with Gasteiger partial charge in [-0.25, -0.2) is 0 Å². The normalized spacial score (nSPS) is 20.4. The number of likely N-dealkylation sites (N-methyl/N-ethyl adjacent to an activating group) is 1. The highest BCUT2D eigenvalue weighted by Crippen LogP contribution is 2.28. The molecule has 0 radical (unpaired) electrons. The van der Waals surface area contributed by atoms with E-state index >= 15 is 0 Å². The fourth-order valence-corrected chi connectivity index (χ4v) is 3.60. The lowest BCUT2D eigenvalue weighted by Crippen LogP contribution is -2.52. The molecule has 1 aromatic rings. The molecule has 2 heterocycles. The van der Waals surface area contributed by atoms with Crippen LogP contribution >= 0.6 is 0 Å². The quantitative estimate of drug-likeness (QED) is 0.725. The summed E-state index contributed by atoms with van der Waals surface area (Å²) in [6, 6.07) is 7.30. The van der Waals surface area contributed by atoms with Crippen LogP contribution < -0.4 is 9.64 Å². The van der Waals surface area contributed by atoms with Gasteiger partial charge in [0.1, 0.15) is 5.75 Å². The van der Waals surface area contributed by atoms with Crippen LogP contribution in [0.2, 0.25) is 0 Å². The Morgan fingerprint density at radius 2 is 1.75 bits per heavy atom. The highest BCUT2D eigenvalue weighted by atomic mass is 16.5. The standard InChI is InChI=1S/C20H28N4O4/c1-21(2)19(26)14-22-8-10-23(11-9-22)20(27)15-12-18(25)24(13-15)16-4-6-17(28-3)7-5-16/h4-7,15H,8-14H2,1-3H3. The lowest BCUT2D eigenvalue weighted by atomic mass is 10.1. The lowest BCUT2D eigenvalue weighted by Gasteiger charge is -2.35. The van der Waals surface area contributed by atoms with Crippen molar-refractivity contribution in [3.63, 3.8) is 0 Å². The first kappa shape index (κ1) is 20.1. The number of hydrogen-bond acceptors (Lipinski definition) is 5. The van der Waals surface area contributed by atoms with E-state index in [1.54, 1.807) is 31.0 Å². The fraction of sp³-hybridized carbons (Fsp3) is 0.550. The van der Waals surface area contributed by atoms with Gasteiger partial charge in [-0.05, 0) is 24.3 Å². The molecule has 0 spiro atoms. The van der Waals surface area contributed by atoms with E-state index in [2.05, 4.69) is 4.90 Å². The van der Waals surface area contributed by atoms with Gasteiger partial charge < -0.3 is 19.4 Å². The summed E-state index contributed by atoms with van der Waals surface area (Å²) in [4.78, 5) is 44.3. The topological polar surface area (TPSA) is 73.4 Å². The average Bonchev–Trinajstić information content (AvgIpc) is 3.09. The van der Waals surface area contributed by atoms with Crippen molar-refractivity contribution in [2.75, 3.05) is 65.4 Å². The molecule has 2 saturated heterocycles. The summed E-state index contributed by atoms with van der Waals surface area (Å²) in [7, 11) is 5.09. The third-order valence-electron chi connectivity index (χ3n) is 5.40. The molecule has 0 aliphatic carbocycles. The van der Waals surface area contributed by atoms with E-state index in [9.17, 15) is 14.4 Å². The minimum atomic E-state index is -0.315. The number of methoxy groups -OCH3 is 1. The van der Waals surface area contributed by atoms with Crippen molar-refractivity contribution in [3.05, 3.63) is 24.3 Å². The molecule has 0 bridgehead atoms. The van der Waals surface area contributed by atoms with Gasteiger partial charge in [0.05, 0.1) is 19.6 Å². The van der Waals surface area contributed by atoms with Crippen molar-refractivity contribution in [2.24, 2.45) is 5.92 Å². The summed E-state index contributed by atoms with van der Waals surface area (Å²) in [5, 5.41) is 0. The fourth-order valence-electron chi connectivity index (χ4n) is 3.60. The van der Waals surface area contributed by atoms with Gasteiger partial charge in [-0.2, -0.15) is 0 Å². The molecule has 8 heteroatoms. The molecular weight excluding hydrogens is 360 g/mol. The van der Waals surface area contributed by atoms with E-state index in [1.165, 1.54) is 0 Å². The highest BCUT2D eigenvalue weighted by molar-refractivity contribution is 6.00. The predicted molar refractivity (Wildman–Crippen MR) is 105 cm³/mol. The number of hydrogen-bond donors (Lipinski definition) is 0. The van der Waals surface area contributed by atoms with E-state index in [1.807, 2.05) is 29.2 Å². The third kappa shape index (κ3) is 4.44. The minimum absolute atomic E-state index is 0.0290. The van der Waals surface area contributed by atoms with Gasteiger partial charge in [-0.1, -0.05) is 0 Å². The zero-order valence-electron chi connectivity index (χ0n) is 16.8. The summed E-state index contributed by atoms with van der Waals surface area (Å²) in [6.07, 6.45) is 0.240. The van der Waals surface area contributed by atoms with E-state index in [0.29, 0.717) is 39.3 Å². The monoisotopic (exact) mass is 388 g/mol. The number of amides is 3. The largest absolute Gasteiger partial charge is 0.497 e. The van der Waals surface area contributed by atoms with Crippen LogP contribution in [0.3, 0.4) is 0 Å². The second-order valence-corrected chi connectivity index (χ2v) is 7.49. The molecule has 0 N–H and O–H groups in total. The molecule has 2 aliphatic rings. The number of carbonyl (C=O) groups excluding carboxylic acids is 3. The van der Waals surface area contributed by atoms with Crippen molar-refractivity contribution < 1.29 is 19.1 Å². The average molecular weight is 388 g/mol. The number of benzene rings is 1. The van der Waals surface area contributed by atoms with Crippen LogP contribution in [-0.2, 0) is 14.4 Å². The molecule has 1 aromatic carbocycles. The summed E-state index contributed by atoms with van der Waals surface area (Å²) in [6.45, 7) is 3.31. The van der Waals surface area contributed by atoms with Crippen LogP contribution in [0.25, 0.3) is 0 Å². The second-order valence-electron chi connectivity index (χ2n) is 7.49. The van der Waals surface area contributed by atoms with Gasteiger partial charge in [-0.15, -0.1) is 0 Å². The van der Waals surface area contributed by atoms with Crippen LogP contribution in [0.1, 0.15) is 6.42 Å². The molecule has 152 valence electrons. The zero-order valence-corrected chi connectivity index (χ0v) is 16.8. The van der Waals surface area contributed by atoms with Gasteiger partial charge >= 0.3 is 0 Å². The maximum atomic E-state index is 12.9. The molecule has 0 saturated carbocycles. The Bertz CT molecular complexity index is 726. The predicted octanol–water partition coefficient (Wildman–Crippen LogP) is 0.281. The molecular formula is C20H28N4O4. The van der Waals surface area contributed by atoms with E-state index < -0.39 is 0 Å². The number of piperazine rings is 1. The molecule has 0 aromatic heterocycles. The minimum Gasteiger partial charge on any atom is -0.497 e. The van der Waals surface area contributed by atoms with Crippen LogP contribution in [0.15, 0.2) is 24.3 Å². The molecule has 2 fully saturated rings. The molecule has 3 amide bonds. The van der Waals surface area contributed by atoms with Crippen molar-refractivity contribution in [2.45, 2.75) is 6.42 Å². The lowest BCUT2D eigenvalue weighted by molar-refractivity contribution is -0.138. The molecule has 2 aliphatic heterocycles. The van der Waals surface area contributed by atoms with Crippen molar-refractivity contribution in [3.8, 4) is 5.75 Å². The van der Waals surface area contributed by atoms with E-state index in [-0.39, 0.29) is 30.1 Å². The summed E-state index contributed by atoms with van der Waals surface area (Å²) in [5.74, 6) is 0.483. The smallest absolute Gasteiger partial charge is 0.236 e. The van der Waals surface area contributed by atoms with Gasteiger partial charge in [0.2, 0.25) is 17.7 Å². The Labute approximate surface area is 165 Å². The third-order valence-corrected chi connectivity index (χ3v) is 5.40. The molecule has 8 nitrogen and oxygen atoms in total. The summed E-state index contributed by atoms with van der Waals surface area (Å²) < 4.78 is 5.15. The van der Waals surface area contributed by atoms with Crippen molar-refractivity contribution in [1.29, 1.82) is 0 Å². The van der Waals surface area contributed by atoms with Crippen LogP contribution in [-0.4, -0.2) is 92.9 Å². The summed E-state index contributed by atoms with van der Waals surface area (Å²) >= 11 is 0. The van der Waals surface area contributed by atoms with Gasteiger partial charge in [0.15, 0.2) is 0 Å². The number of nitrogens with zero attached hydrogens (tertiary/aromatic N) is 4. The first-order chi connectivity index (χ1) is 13.4. The van der Waals surface area contributed by atoms with Crippen LogP contribution in [0.4, 0.5) is 5.69 Å². The molecule has 1 atom stereocenters. The molecule has 28 heavy (non-hydrogen) atoms. The number of rotatable bonds is 5. The number of anilines is 1. The maximum Gasteiger partial charge on any atom is 0.236 e. The SMILES string of the molecule is COc1ccc(N2CC(C(=O)N3CCN(CC(=O)N(C)C)CC3)CC2=O)cc1. The first-order valence-electron chi connectivity index (χ1n) is 9.54. The first-order valence-corrected chi connectivity index (χ1v) is 9.54.